The topological polar surface area (TPSA) is 105 Å². The summed E-state index contributed by atoms with van der Waals surface area (Å²) in [6.45, 7) is 0. The van der Waals surface area contributed by atoms with Crippen LogP contribution in [0.5, 0.6) is 0 Å². The van der Waals surface area contributed by atoms with E-state index in [2.05, 4.69) is 10.3 Å². The lowest BCUT2D eigenvalue weighted by Crippen LogP contribution is -2.27. The van der Waals surface area contributed by atoms with Gasteiger partial charge in [0.2, 0.25) is 5.91 Å². The standard InChI is InChI=1S/C14H19N3O3/c1-16-14(20)12-11(8-2-4-9(18)5-3-8)10(13(15)19)6-7-17-12/h6-9,18H,2-5H2,1H3,(H2,15,19)(H,16,20). The number of amides is 2. The Bertz CT molecular complexity index is 522. The van der Waals surface area contributed by atoms with Crippen LogP contribution in [-0.2, 0) is 0 Å². The fourth-order valence-corrected chi connectivity index (χ4v) is 2.77. The molecule has 0 unspecified atom stereocenters. The molecule has 6 heteroatoms. The van der Waals surface area contributed by atoms with Crippen LogP contribution < -0.4 is 11.1 Å². The molecule has 20 heavy (non-hydrogen) atoms. The Balaban J connectivity index is 2.46. The predicted octanol–water partition coefficient (Wildman–Crippen LogP) is 0.559. The van der Waals surface area contributed by atoms with Crippen molar-refractivity contribution in [3.8, 4) is 0 Å². The Morgan fingerprint density at radius 1 is 1.35 bits per heavy atom. The molecule has 1 aromatic heterocycles. The molecule has 0 bridgehead atoms. The van der Waals surface area contributed by atoms with Crippen LogP contribution in [0.2, 0.25) is 0 Å². The number of aliphatic hydroxyl groups is 1. The molecule has 6 nitrogen and oxygen atoms in total. The highest BCUT2D eigenvalue weighted by Gasteiger charge is 2.28. The number of nitrogens with two attached hydrogens (primary N) is 1. The van der Waals surface area contributed by atoms with Crippen molar-refractivity contribution in [3.63, 3.8) is 0 Å². The summed E-state index contributed by atoms with van der Waals surface area (Å²) < 4.78 is 0. The van der Waals surface area contributed by atoms with Crippen molar-refractivity contribution in [2.45, 2.75) is 37.7 Å². The Hall–Kier alpha value is -1.95. The van der Waals surface area contributed by atoms with Crippen molar-refractivity contribution in [3.05, 3.63) is 29.1 Å². The molecule has 1 aliphatic carbocycles. The minimum atomic E-state index is -0.557. The fourth-order valence-electron chi connectivity index (χ4n) is 2.77. The maximum absolute atomic E-state index is 11.9. The largest absolute Gasteiger partial charge is 0.393 e. The third-order valence-electron chi connectivity index (χ3n) is 3.80. The number of pyridine rings is 1. The number of aromatic nitrogens is 1. The van der Waals surface area contributed by atoms with Crippen molar-refractivity contribution in [1.82, 2.24) is 10.3 Å². The molecule has 1 aliphatic rings. The highest BCUT2D eigenvalue weighted by molar-refractivity contribution is 6.00. The number of hydrogen-bond acceptors (Lipinski definition) is 4. The van der Waals surface area contributed by atoms with Crippen LogP contribution in [0.4, 0.5) is 0 Å². The highest BCUT2D eigenvalue weighted by Crippen LogP contribution is 2.35. The van der Waals surface area contributed by atoms with E-state index < -0.39 is 5.91 Å². The number of rotatable bonds is 3. The summed E-state index contributed by atoms with van der Waals surface area (Å²) in [5, 5.41) is 12.1. The predicted molar refractivity (Wildman–Crippen MR) is 73.4 cm³/mol. The van der Waals surface area contributed by atoms with Crippen molar-refractivity contribution < 1.29 is 14.7 Å². The zero-order valence-electron chi connectivity index (χ0n) is 11.4. The molecule has 0 spiro atoms. The minimum Gasteiger partial charge on any atom is -0.393 e. The van der Waals surface area contributed by atoms with Crippen molar-refractivity contribution in [1.29, 1.82) is 0 Å². The molecule has 1 saturated carbocycles. The Morgan fingerprint density at radius 2 is 2.00 bits per heavy atom. The van der Waals surface area contributed by atoms with Crippen LogP contribution in [0.25, 0.3) is 0 Å². The molecule has 1 aromatic rings. The summed E-state index contributed by atoms with van der Waals surface area (Å²) in [5.41, 5.74) is 6.63. The average Bonchev–Trinajstić information content (AvgIpc) is 2.46. The van der Waals surface area contributed by atoms with E-state index in [0.29, 0.717) is 24.0 Å². The van der Waals surface area contributed by atoms with Gasteiger partial charge in [0.25, 0.3) is 5.91 Å². The van der Waals surface area contributed by atoms with Crippen LogP contribution in [0.3, 0.4) is 0 Å². The third-order valence-corrected chi connectivity index (χ3v) is 3.80. The van der Waals surface area contributed by atoms with E-state index in [1.165, 1.54) is 13.2 Å². The molecule has 4 N–H and O–H groups in total. The van der Waals surface area contributed by atoms with Crippen molar-refractivity contribution >= 4 is 11.8 Å². The fraction of sp³-hybridized carbons (Fsp3) is 0.500. The number of carbonyl (C=O) groups excluding carboxylic acids is 2. The van der Waals surface area contributed by atoms with Gasteiger partial charge < -0.3 is 16.2 Å². The van der Waals surface area contributed by atoms with Crippen LogP contribution >= 0.6 is 0 Å². The summed E-state index contributed by atoms with van der Waals surface area (Å²) in [7, 11) is 1.52. The Morgan fingerprint density at radius 3 is 2.55 bits per heavy atom. The minimum absolute atomic E-state index is 0.0295. The lowest BCUT2D eigenvalue weighted by molar-refractivity contribution is 0.0954. The summed E-state index contributed by atoms with van der Waals surface area (Å²) in [6.07, 6.45) is 3.87. The molecule has 0 aliphatic heterocycles. The van der Waals surface area contributed by atoms with Gasteiger partial charge in [-0.3, -0.25) is 14.6 Å². The van der Waals surface area contributed by atoms with E-state index >= 15 is 0 Å². The van der Waals surface area contributed by atoms with Crippen LogP contribution in [0.15, 0.2) is 12.3 Å². The maximum atomic E-state index is 11.9. The Labute approximate surface area is 117 Å². The maximum Gasteiger partial charge on any atom is 0.269 e. The van der Waals surface area contributed by atoms with Crippen LogP contribution in [0.1, 0.15) is 58.0 Å². The Kier molecular flexibility index (Phi) is 4.34. The summed E-state index contributed by atoms with van der Waals surface area (Å²) in [4.78, 5) is 27.7. The molecule has 0 radical (unpaired) electrons. The second-order valence-electron chi connectivity index (χ2n) is 5.07. The lowest BCUT2D eigenvalue weighted by atomic mass is 9.80. The molecule has 2 rings (SSSR count). The van der Waals surface area contributed by atoms with E-state index in [1.807, 2.05) is 0 Å². The van der Waals surface area contributed by atoms with Gasteiger partial charge in [0.15, 0.2) is 0 Å². The number of aliphatic hydroxyl groups excluding tert-OH is 1. The quantitative estimate of drug-likeness (QED) is 0.750. The second kappa shape index (κ2) is 6.00. The van der Waals surface area contributed by atoms with E-state index in [9.17, 15) is 14.7 Å². The second-order valence-corrected chi connectivity index (χ2v) is 5.07. The van der Waals surface area contributed by atoms with E-state index in [4.69, 9.17) is 5.73 Å². The summed E-state index contributed by atoms with van der Waals surface area (Å²) in [5.74, 6) is -0.852. The third kappa shape index (κ3) is 2.80. The molecule has 1 heterocycles. The average molecular weight is 277 g/mol. The van der Waals surface area contributed by atoms with E-state index in [-0.39, 0.29) is 23.6 Å². The molecule has 0 atom stereocenters. The number of nitrogens with one attached hydrogen (secondary N) is 1. The van der Waals surface area contributed by atoms with Gasteiger partial charge in [-0.25, -0.2) is 0 Å². The number of primary amides is 1. The van der Waals surface area contributed by atoms with Gasteiger partial charge in [0, 0.05) is 18.8 Å². The molecular formula is C14H19N3O3. The van der Waals surface area contributed by atoms with Gasteiger partial charge >= 0.3 is 0 Å². The van der Waals surface area contributed by atoms with Crippen LogP contribution in [0, 0.1) is 0 Å². The number of nitrogens with zero attached hydrogens (tertiary/aromatic N) is 1. The first-order chi connectivity index (χ1) is 9.54. The first-order valence-corrected chi connectivity index (χ1v) is 6.73. The molecule has 2 amide bonds. The van der Waals surface area contributed by atoms with Gasteiger partial charge in [-0.2, -0.15) is 0 Å². The molecule has 108 valence electrons. The van der Waals surface area contributed by atoms with Gasteiger partial charge in [-0.1, -0.05) is 0 Å². The first-order valence-electron chi connectivity index (χ1n) is 6.73. The summed E-state index contributed by atoms with van der Waals surface area (Å²) in [6, 6.07) is 1.55. The number of hydrogen-bond donors (Lipinski definition) is 3. The molecule has 0 aromatic carbocycles. The van der Waals surface area contributed by atoms with Crippen LogP contribution in [-0.4, -0.2) is 35.1 Å². The van der Waals surface area contributed by atoms with E-state index in [1.54, 1.807) is 6.07 Å². The summed E-state index contributed by atoms with van der Waals surface area (Å²) >= 11 is 0. The zero-order valence-corrected chi connectivity index (χ0v) is 11.4. The normalized spacial score (nSPS) is 22.3. The van der Waals surface area contributed by atoms with Gasteiger partial charge in [-0.05, 0) is 43.2 Å². The number of carbonyl (C=O) groups is 2. The van der Waals surface area contributed by atoms with Gasteiger partial charge in [-0.15, -0.1) is 0 Å². The van der Waals surface area contributed by atoms with Gasteiger partial charge in [0.05, 0.1) is 6.10 Å². The molecule has 0 saturated heterocycles. The SMILES string of the molecule is CNC(=O)c1nccc(C(N)=O)c1C1CCC(O)CC1. The highest BCUT2D eigenvalue weighted by atomic mass is 16.3. The first kappa shape index (κ1) is 14.5. The smallest absolute Gasteiger partial charge is 0.269 e. The lowest BCUT2D eigenvalue weighted by Gasteiger charge is -2.27. The van der Waals surface area contributed by atoms with Crippen molar-refractivity contribution in [2.75, 3.05) is 7.05 Å². The monoisotopic (exact) mass is 277 g/mol. The molecule has 1 fully saturated rings. The molecular weight excluding hydrogens is 258 g/mol. The van der Waals surface area contributed by atoms with Crippen molar-refractivity contribution in [2.24, 2.45) is 5.73 Å². The van der Waals surface area contributed by atoms with Gasteiger partial charge in [0.1, 0.15) is 5.69 Å². The van der Waals surface area contributed by atoms with E-state index in [0.717, 1.165) is 12.8 Å². The zero-order chi connectivity index (χ0) is 14.7.